The van der Waals surface area contributed by atoms with E-state index in [-0.39, 0.29) is 24.9 Å². The van der Waals surface area contributed by atoms with Crippen molar-refractivity contribution < 1.29 is 14.3 Å². The van der Waals surface area contributed by atoms with Gasteiger partial charge in [0.15, 0.2) is 0 Å². The fraction of sp³-hybridized carbons (Fsp3) is 0.462. The van der Waals surface area contributed by atoms with Gasteiger partial charge in [-0.05, 0) is 19.1 Å². The predicted molar refractivity (Wildman–Crippen MR) is 78.2 cm³/mol. The monoisotopic (exact) mass is 288 g/mol. The molecule has 0 bridgehead atoms. The number of hydrogen-bond acceptors (Lipinski definition) is 4. The Morgan fingerprint density at radius 3 is 2.84 bits per heavy atom. The van der Waals surface area contributed by atoms with Crippen LogP contribution in [0.4, 0.5) is 5.69 Å². The van der Waals surface area contributed by atoms with Gasteiger partial charge in [0.05, 0.1) is 19.8 Å². The lowest BCUT2D eigenvalue weighted by molar-refractivity contribution is -0.115. The van der Waals surface area contributed by atoms with Crippen LogP contribution in [-0.4, -0.2) is 39.3 Å². The molecule has 0 saturated carbocycles. The van der Waals surface area contributed by atoms with Crippen molar-refractivity contribution in [2.75, 3.05) is 38.7 Å². The Labute approximate surface area is 120 Å². The van der Waals surface area contributed by atoms with Crippen molar-refractivity contribution >= 4 is 24.0 Å². The SMILES string of the molecule is CCOc1cccc(NC(=O)CNCCOC)c1.Cl. The maximum atomic E-state index is 11.6. The molecular weight excluding hydrogens is 268 g/mol. The first-order chi connectivity index (χ1) is 8.76. The standard InChI is InChI=1S/C13H20N2O3.ClH/c1-3-18-12-6-4-5-11(9-12)15-13(16)10-14-7-8-17-2;/h4-6,9,14H,3,7-8,10H2,1-2H3,(H,15,16);1H. The molecule has 0 aliphatic rings. The summed E-state index contributed by atoms with van der Waals surface area (Å²) in [6.45, 7) is 4.04. The minimum atomic E-state index is -0.0836. The summed E-state index contributed by atoms with van der Waals surface area (Å²) in [5.74, 6) is 0.669. The largest absolute Gasteiger partial charge is 0.494 e. The zero-order chi connectivity index (χ0) is 13.2. The number of halogens is 1. The average molecular weight is 289 g/mol. The zero-order valence-electron chi connectivity index (χ0n) is 11.3. The van der Waals surface area contributed by atoms with Gasteiger partial charge in [-0.15, -0.1) is 12.4 Å². The molecule has 1 rings (SSSR count). The molecule has 1 aromatic rings. The van der Waals surface area contributed by atoms with E-state index in [4.69, 9.17) is 9.47 Å². The lowest BCUT2D eigenvalue weighted by atomic mass is 10.3. The molecule has 6 heteroatoms. The third-order valence-electron chi connectivity index (χ3n) is 2.20. The van der Waals surface area contributed by atoms with Gasteiger partial charge >= 0.3 is 0 Å². The minimum absolute atomic E-state index is 0. The Morgan fingerprint density at radius 2 is 2.16 bits per heavy atom. The molecular formula is C13H21ClN2O3. The van der Waals surface area contributed by atoms with Gasteiger partial charge in [0.2, 0.25) is 5.91 Å². The third kappa shape index (κ3) is 7.66. The van der Waals surface area contributed by atoms with E-state index in [1.165, 1.54) is 0 Å². The van der Waals surface area contributed by atoms with Crippen LogP contribution < -0.4 is 15.4 Å². The fourth-order valence-electron chi connectivity index (χ4n) is 1.41. The van der Waals surface area contributed by atoms with Crippen molar-refractivity contribution in [1.82, 2.24) is 5.32 Å². The number of methoxy groups -OCH3 is 1. The van der Waals surface area contributed by atoms with Crippen LogP contribution in [0.3, 0.4) is 0 Å². The van der Waals surface area contributed by atoms with Gasteiger partial charge in [-0.1, -0.05) is 6.07 Å². The minimum Gasteiger partial charge on any atom is -0.494 e. The van der Waals surface area contributed by atoms with Gasteiger partial charge in [0.1, 0.15) is 5.75 Å². The van der Waals surface area contributed by atoms with Gasteiger partial charge in [-0.2, -0.15) is 0 Å². The molecule has 0 fully saturated rings. The molecule has 0 saturated heterocycles. The molecule has 0 atom stereocenters. The van der Waals surface area contributed by atoms with Crippen LogP contribution in [0, 0.1) is 0 Å². The van der Waals surface area contributed by atoms with Gasteiger partial charge in [-0.3, -0.25) is 4.79 Å². The van der Waals surface area contributed by atoms with E-state index in [9.17, 15) is 4.79 Å². The van der Waals surface area contributed by atoms with Gasteiger partial charge in [0.25, 0.3) is 0 Å². The summed E-state index contributed by atoms with van der Waals surface area (Å²) in [5, 5.41) is 5.77. The summed E-state index contributed by atoms with van der Waals surface area (Å²) >= 11 is 0. The first kappa shape index (κ1) is 17.7. The Bertz CT molecular complexity index is 375. The number of hydrogen-bond donors (Lipinski definition) is 2. The van der Waals surface area contributed by atoms with Crippen molar-refractivity contribution in [3.63, 3.8) is 0 Å². The Balaban J connectivity index is 0.00000324. The van der Waals surface area contributed by atoms with Crippen molar-refractivity contribution in [2.24, 2.45) is 0 Å². The normalized spacial score (nSPS) is 9.58. The molecule has 0 spiro atoms. The van der Waals surface area contributed by atoms with Crippen LogP contribution in [-0.2, 0) is 9.53 Å². The first-order valence-corrected chi connectivity index (χ1v) is 5.98. The second kappa shape index (κ2) is 10.6. The zero-order valence-corrected chi connectivity index (χ0v) is 12.1. The highest BCUT2D eigenvalue weighted by atomic mass is 35.5. The van der Waals surface area contributed by atoms with Crippen LogP contribution in [0.15, 0.2) is 24.3 Å². The maximum absolute atomic E-state index is 11.6. The molecule has 2 N–H and O–H groups in total. The van der Waals surface area contributed by atoms with Gasteiger partial charge < -0.3 is 20.1 Å². The molecule has 0 heterocycles. The maximum Gasteiger partial charge on any atom is 0.238 e. The number of carbonyl (C=O) groups is 1. The second-order valence-electron chi connectivity index (χ2n) is 3.68. The van der Waals surface area contributed by atoms with Crippen molar-refractivity contribution in [3.8, 4) is 5.75 Å². The molecule has 0 unspecified atom stereocenters. The highest BCUT2D eigenvalue weighted by Gasteiger charge is 2.02. The smallest absolute Gasteiger partial charge is 0.238 e. The average Bonchev–Trinajstić information content (AvgIpc) is 2.35. The van der Waals surface area contributed by atoms with E-state index in [1.54, 1.807) is 13.2 Å². The number of benzene rings is 1. The van der Waals surface area contributed by atoms with Crippen molar-refractivity contribution in [3.05, 3.63) is 24.3 Å². The fourth-order valence-corrected chi connectivity index (χ4v) is 1.41. The highest BCUT2D eigenvalue weighted by molar-refractivity contribution is 5.92. The number of ether oxygens (including phenoxy) is 2. The lowest BCUT2D eigenvalue weighted by Crippen LogP contribution is -2.30. The molecule has 108 valence electrons. The van der Waals surface area contributed by atoms with Crippen molar-refractivity contribution in [2.45, 2.75) is 6.92 Å². The molecule has 0 aliphatic carbocycles. The van der Waals surface area contributed by atoms with Crippen LogP contribution in [0.1, 0.15) is 6.92 Å². The van der Waals surface area contributed by atoms with Crippen LogP contribution in [0.5, 0.6) is 5.75 Å². The second-order valence-corrected chi connectivity index (χ2v) is 3.68. The molecule has 5 nitrogen and oxygen atoms in total. The van der Waals surface area contributed by atoms with Gasteiger partial charge in [0, 0.05) is 25.4 Å². The highest BCUT2D eigenvalue weighted by Crippen LogP contribution is 2.16. The number of amides is 1. The topological polar surface area (TPSA) is 59.6 Å². The molecule has 0 radical (unpaired) electrons. The van der Waals surface area contributed by atoms with E-state index in [0.29, 0.717) is 19.8 Å². The van der Waals surface area contributed by atoms with E-state index >= 15 is 0 Å². The summed E-state index contributed by atoms with van der Waals surface area (Å²) < 4.78 is 10.2. The molecule has 19 heavy (non-hydrogen) atoms. The van der Waals surface area contributed by atoms with Crippen molar-refractivity contribution in [1.29, 1.82) is 0 Å². The van der Waals surface area contributed by atoms with Crippen LogP contribution in [0.25, 0.3) is 0 Å². The summed E-state index contributed by atoms with van der Waals surface area (Å²) in [4.78, 5) is 11.6. The Morgan fingerprint density at radius 1 is 1.37 bits per heavy atom. The van der Waals surface area contributed by atoms with E-state index in [2.05, 4.69) is 10.6 Å². The van der Waals surface area contributed by atoms with Gasteiger partial charge in [-0.25, -0.2) is 0 Å². The van der Waals surface area contributed by atoms with Crippen LogP contribution in [0.2, 0.25) is 0 Å². The van der Waals surface area contributed by atoms with E-state index in [1.807, 2.05) is 25.1 Å². The molecule has 0 aliphatic heterocycles. The third-order valence-corrected chi connectivity index (χ3v) is 2.20. The summed E-state index contributed by atoms with van der Waals surface area (Å²) in [5.41, 5.74) is 0.736. The Kier molecular flexibility index (Phi) is 9.88. The number of nitrogens with one attached hydrogen (secondary N) is 2. The van der Waals surface area contributed by atoms with E-state index in [0.717, 1.165) is 11.4 Å². The summed E-state index contributed by atoms with van der Waals surface area (Å²) in [6.07, 6.45) is 0. The summed E-state index contributed by atoms with van der Waals surface area (Å²) in [6, 6.07) is 7.33. The summed E-state index contributed by atoms with van der Waals surface area (Å²) in [7, 11) is 1.63. The Hall–Kier alpha value is -1.30. The van der Waals surface area contributed by atoms with Crippen LogP contribution >= 0.6 is 12.4 Å². The first-order valence-electron chi connectivity index (χ1n) is 5.98. The quantitative estimate of drug-likeness (QED) is 0.715. The number of carbonyl (C=O) groups excluding carboxylic acids is 1. The molecule has 0 aromatic heterocycles. The number of anilines is 1. The van der Waals surface area contributed by atoms with E-state index < -0.39 is 0 Å². The number of rotatable bonds is 8. The predicted octanol–water partition coefficient (Wildman–Crippen LogP) is 1.68. The molecule has 1 aromatic carbocycles. The lowest BCUT2D eigenvalue weighted by Gasteiger charge is -2.08. The molecule has 1 amide bonds.